The lowest BCUT2D eigenvalue weighted by Crippen LogP contribution is -2.11. The van der Waals surface area contributed by atoms with E-state index in [0.29, 0.717) is 11.9 Å². The molecule has 1 saturated carbocycles. The molecule has 0 atom stereocenters. The molecule has 1 aliphatic rings. The first-order chi connectivity index (χ1) is 11.2. The number of nitrogens with zero attached hydrogens (tertiary/aromatic N) is 2. The number of aryl methyl sites for hydroxylation is 1. The summed E-state index contributed by atoms with van der Waals surface area (Å²) in [5.41, 5.74) is 3.39. The normalized spacial score (nSPS) is 16.0. The van der Waals surface area contributed by atoms with Crippen molar-refractivity contribution in [2.75, 3.05) is 0 Å². The minimum atomic E-state index is 0.433. The Hall–Kier alpha value is -2.29. The molecule has 1 aromatic carbocycles. The molecule has 3 heteroatoms. The first kappa shape index (κ1) is 14.3. The van der Waals surface area contributed by atoms with Gasteiger partial charge in [0.05, 0.1) is 0 Å². The Labute approximate surface area is 136 Å². The lowest BCUT2D eigenvalue weighted by molar-refractivity contribution is 0.316. The second-order valence-corrected chi connectivity index (χ2v) is 6.65. The summed E-state index contributed by atoms with van der Waals surface area (Å²) in [6.07, 6.45) is 12.0. The molecule has 0 aliphatic heterocycles. The summed E-state index contributed by atoms with van der Waals surface area (Å²) >= 11 is 0. The minimum absolute atomic E-state index is 0.433. The van der Waals surface area contributed by atoms with Gasteiger partial charge in [0.1, 0.15) is 0 Å². The van der Waals surface area contributed by atoms with Gasteiger partial charge in [-0.3, -0.25) is 4.98 Å². The monoisotopic (exact) mass is 306 g/mol. The molecule has 118 valence electrons. The van der Waals surface area contributed by atoms with E-state index in [4.69, 9.17) is 0 Å². The third-order valence-corrected chi connectivity index (χ3v) is 5.08. The number of fused-ring (bicyclic) bond motifs is 1. The Balaban J connectivity index is 1.83. The maximum atomic E-state index is 10.7. The van der Waals surface area contributed by atoms with Gasteiger partial charge in [0.2, 0.25) is 0 Å². The molecule has 0 unspecified atom stereocenters. The van der Waals surface area contributed by atoms with Crippen LogP contribution in [0.15, 0.2) is 42.9 Å². The van der Waals surface area contributed by atoms with Crippen molar-refractivity contribution in [2.45, 2.75) is 45.1 Å². The number of aromatic nitrogens is 2. The predicted octanol–water partition coefficient (Wildman–Crippen LogP) is 5.22. The fourth-order valence-corrected chi connectivity index (χ4v) is 3.90. The summed E-state index contributed by atoms with van der Waals surface area (Å²) < 4.78 is 2.10. The molecule has 1 aliphatic carbocycles. The van der Waals surface area contributed by atoms with Crippen molar-refractivity contribution in [3.8, 4) is 17.0 Å². The van der Waals surface area contributed by atoms with Gasteiger partial charge in [-0.15, -0.1) is 0 Å². The van der Waals surface area contributed by atoms with Crippen LogP contribution in [0.5, 0.6) is 5.88 Å². The highest BCUT2D eigenvalue weighted by Crippen LogP contribution is 2.39. The van der Waals surface area contributed by atoms with Crippen LogP contribution in [0.25, 0.3) is 21.9 Å². The van der Waals surface area contributed by atoms with E-state index in [0.717, 1.165) is 27.5 Å². The lowest BCUT2D eigenvalue weighted by Gasteiger charge is -2.23. The summed E-state index contributed by atoms with van der Waals surface area (Å²) in [4.78, 5) is 4.21. The molecular weight excluding hydrogens is 284 g/mol. The summed E-state index contributed by atoms with van der Waals surface area (Å²) in [6.45, 7) is 2.08. The Kier molecular flexibility index (Phi) is 3.56. The molecule has 4 rings (SSSR count). The standard InChI is InChI=1S/C20H22N2O/c1-14-10-16(15-6-5-9-21-12-15)11-17-13-22(20(23)19(14)17)18-7-3-2-4-8-18/h5-6,9-13,18,23H,2-4,7-8H2,1H3. The molecule has 3 nitrogen and oxygen atoms in total. The number of hydrogen-bond donors (Lipinski definition) is 1. The van der Waals surface area contributed by atoms with Crippen LogP contribution in [-0.2, 0) is 0 Å². The molecule has 0 bridgehead atoms. The largest absolute Gasteiger partial charge is 0.494 e. The van der Waals surface area contributed by atoms with Crippen LogP contribution in [-0.4, -0.2) is 14.7 Å². The van der Waals surface area contributed by atoms with Crippen LogP contribution < -0.4 is 0 Å². The maximum absolute atomic E-state index is 10.7. The first-order valence-corrected chi connectivity index (χ1v) is 8.48. The van der Waals surface area contributed by atoms with Crippen molar-refractivity contribution in [3.05, 3.63) is 48.4 Å². The van der Waals surface area contributed by atoms with E-state index in [2.05, 4.69) is 40.9 Å². The summed E-state index contributed by atoms with van der Waals surface area (Å²) in [7, 11) is 0. The van der Waals surface area contributed by atoms with E-state index < -0.39 is 0 Å². The van der Waals surface area contributed by atoms with Crippen molar-refractivity contribution in [1.29, 1.82) is 0 Å². The van der Waals surface area contributed by atoms with Crippen LogP contribution in [0.3, 0.4) is 0 Å². The molecular formula is C20H22N2O. The molecule has 1 N–H and O–H groups in total. The van der Waals surface area contributed by atoms with E-state index in [1.54, 1.807) is 6.20 Å². The summed E-state index contributed by atoms with van der Waals surface area (Å²) in [5, 5.41) is 12.8. The van der Waals surface area contributed by atoms with E-state index >= 15 is 0 Å². The molecule has 0 amide bonds. The second-order valence-electron chi connectivity index (χ2n) is 6.65. The lowest BCUT2D eigenvalue weighted by atomic mass is 9.95. The van der Waals surface area contributed by atoms with Crippen LogP contribution in [0, 0.1) is 6.92 Å². The van der Waals surface area contributed by atoms with Gasteiger partial charge < -0.3 is 9.67 Å². The third kappa shape index (κ3) is 2.50. The Morgan fingerprint density at radius 3 is 2.70 bits per heavy atom. The average molecular weight is 306 g/mol. The molecule has 23 heavy (non-hydrogen) atoms. The molecule has 0 spiro atoms. The smallest absolute Gasteiger partial charge is 0.199 e. The summed E-state index contributed by atoms with van der Waals surface area (Å²) in [6, 6.07) is 8.78. The Morgan fingerprint density at radius 1 is 1.13 bits per heavy atom. The maximum Gasteiger partial charge on any atom is 0.199 e. The van der Waals surface area contributed by atoms with Gasteiger partial charge >= 0.3 is 0 Å². The van der Waals surface area contributed by atoms with E-state index in [9.17, 15) is 5.11 Å². The van der Waals surface area contributed by atoms with Crippen LogP contribution in [0.2, 0.25) is 0 Å². The van der Waals surface area contributed by atoms with Crippen molar-refractivity contribution >= 4 is 10.8 Å². The SMILES string of the molecule is Cc1cc(-c2cccnc2)cc2cn(C3CCCCC3)c(O)c12. The van der Waals surface area contributed by atoms with E-state index in [1.165, 1.54) is 32.1 Å². The highest BCUT2D eigenvalue weighted by Gasteiger charge is 2.20. The Morgan fingerprint density at radius 2 is 1.96 bits per heavy atom. The number of pyridine rings is 1. The number of benzene rings is 1. The molecule has 1 fully saturated rings. The fourth-order valence-electron chi connectivity index (χ4n) is 3.90. The highest BCUT2D eigenvalue weighted by molar-refractivity contribution is 5.94. The number of rotatable bonds is 2. The molecule has 2 aromatic heterocycles. The first-order valence-electron chi connectivity index (χ1n) is 8.48. The van der Waals surface area contributed by atoms with Gasteiger partial charge in [-0.05, 0) is 43.0 Å². The minimum Gasteiger partial charge on any atom is -0.494 e. The zero-order valence-corrected chi connectivity index (χ0v) is 13.5. The van der Waals surface area contributed by atoms with Gasteiger partial charge in [-0.1, -0.05) is 31.4 Å². The van der Waals surface area contributed by atoms with Gasteiger partial charge in [-0.25, -0.2) is 0 Å². The Bertz CT molecular complexity index is 830. The van der Waals surface area contributed by atoms with Gasteiger partial charge in [-0.2, -0.15) is 0 Å². The number of aromatic hydroxyl groups is 1. The average Bonchev–Trinajstić information content (AvgIpc) is 2.94. The van der Waals surface area contributed by atoms with Gasteiger partial charge in [0.15, 0.2) is 5.88 Å². The molecule has 3 aromatic rings. The molecule has 0 saturated heterocycles. The highest BCUT2D eigenvalue weighted by atomic mass is 16.3. The zero-order valence-electron chi connectivity index (χ0n) is 13.5. The molecule has 2 heterocycles. The van der Waals surface area contributed by atoms with Gasteiger partial charge in [0.25, 0.3) is 0 Å². The quantitative estimate of drug-likeness (QED) is 0.704. The number of hydrogen-bond acceptors (Lipinski definition) is 2. The second kappa shape index (κ2) is 5.73. The van der Waals surface area contributed by atoms with Crippen molar-refractivity contribution in [2.24, 2.45) is 0 Å². The summed E-state index contributed by atoms with van der Waals surface area (Å²) in [5.74, 6) is 0.433. The van der Waals surface area contributed by atoms with Crippen LogP contribution >= 0.6 is 0 Å². The third-order valence-electron chi connectivity index (χ3n) is 5.08. The van der Waals surface area contributed by atoms with Crippen molar-refractivity contribution in [1.82, 2.24) is 9.55 Å². The van der Waals surface area contributed by atoms with Gasteiger partial charge in [0, 0.05) is 41.0 Å². The fraction of sp³-hybridized carbons (Fsp3) is 0.350. The predicted molar refractivity (Wildman–Crippen MR) is 93.7 cm³/mol. The van der Waals surface area contributed by atoms with E-state index in [-0.39, 0.29) is 0 Å². The molecule has 0 radical (unpaired) electrons. The van der Waals surface area contributed by atoms with Crippen LogP contribution in [0.1, 0.15) is 43.7 Å². The topological polar surface area (TPSA) is 38.0 Å². The van der Waals surface area contributed by atoms with E-state index in [1.807, 2.05) is 12.3 Å². The van der Waals surface area contributed by atoms with Crippen molar-refractivity contribution < 1.29 is 5.11 Å². The van der Waals surface area contributed by atoms with Crippen LogP contribution in [0.4, 0.5) is 0 Å². The van der Waals surface area contributed by atoms with Crippen molar-refractivity contribution in [3.63, 3.8) is 0 Å². The zero-order chi connectivity index (χ0) is 15.8.